The summed E-state index contributed by atoms with van der Waals surface area (Å²) in [7, 11) is 0. The topological polar surface area (TPSA) is 111 Å². The molecule has 3 N–H and O–H groups in total. The number of fused-ring (bicyclic) bond motifs is 1. The number of carbonyl (C=O) groups is 2. The predicted molar refractivity (Wildman–Crippen MR) is 83.9 cm³/mol. The van der Waals surface area contributed by atoms with Crippen LogP contribution in [0.3, 0.4) is 0 Å². The summed E-state index contributed by atoms with van der Waals surface area (Å²) in [6.45, 7) is 1.56. The number of aliphatic carboxylic acids is 1. The van der Waals surface area contributed by atoms with Crippen molar-refractivity contribution in [2.75, 3.05) is 0 Å². The number of hydrogen-bond acceptors (Lipinski definition) is 4. The van der Waals surface area contributed by atoms with Gasteiger partial charge in [0, 0.05) is 35.1 Å². The monoisotopic (exact) mass is 310 g/mol. The molecule has 1 aromatic carbocycles. The first-order valence-corrected chi connectivity index (χ1v) is 6.89. The Labute approximate surface area is 131 Å². The van der Waals surface area contributed by atoms with Gasteiger partial charge in [0.1, 0.15) is 12.4 Å². The van der Waals surface area contributed by atoms with Gasteiger partial charge in [0.2, 0.25) is 0 Å². The van der Waals surface area contributed by atoms with Gasteiger partial charge in [-0.05, 0) is 24.6 Å². The van der Waals surface area contributed by atoms with Gasteiger partial charge in [0.15, 0.2) is 0 Å². The number of nitrogens with zero attached hydrogens (tertiary/aromatic N) is 3. The average molecular weight is 310 g/mol. The third-order valence-corrected chi connectivity index (χ3v) is 3.57. The van der Waals surface area contributed by atoms with E-state index in [4.69, 9.17) is 10.8 Å². The Kier molecular flexibility index (Phi) is 3.53. The Morgan fingerprint density at radius 3 is 2.52 bits per heavy atom. The highest BCUT2D eigenvalue weighted by Crippen LogP contribution is 2.27. The second-order valence-electron chi connectivity index (χ2n) is 5.18. The van der Waals surface area contributed by atoms with Crippen LogP contribution in [-0.4, -0.2) is 31.5 Å². The van der Waals surface area contributed by atoms with Crippen molar-refractivity contribution in [2.24, 2.45) is 5.73 Å². The largest absolute Gasteiger partial charge is 0.480 e. The fourth-order valence-electron chi connectivity index (χ4n) is 2.49. The molecule has 3 aromatic rings. The van der Waals surface area contributed by atoms with Crippen molar-refractivity contribution in [1.29, 1.82) is 0 Å². The highest BCUT2D eigenvalue weighted by atomic mass is 16.4. The van der Waals surface area contributed by atoms with E-state index in [2.05, 4.69) is 9.97 Å². The van der Waals surface area contributed by atoms with E-state index in [0.29, 0.717) is 16.7 Å². The number of amides is 1. The zero-order valence-corrected chi connectivity index (χ0v) is 12.4. The van der Waals surface area contributed by atoms with E-state index in [0.717, 1.165) is 11.1 Å². The third-order valence-electron chi connectivity index (χ3n) is 3.57. The molecule has 0 unspecified atom stereocenters. The molecule has 2 heterocycles. The molecule has 0 atom stereocenters. The molecular weight excluding hydrogens is 296 g/mol. The maximum Gasteiger partial charge on any atom is 0.323 e. The van der Waals surface area contributed by atoms with Gasteiger partial charge in [-0.15, -0.1) is 0 Å². The molecule has 0 saturated heterocycles. The quantitative estimate of drug-likeness (QED) is 0.760. The van der Waals surface area contributed by atoms with Gasteiger partial charge in [-0.2, -0.15) is 0 Å². The fraction of sp³-hybridized carbons (Fsp3) is 0.125. The van der Waals surface area contributed by atoms with E-state index in [-0.39, 0.29) is 12.1 Å². The molecule has 0 fully saturated rings. The summed E-state index contributed by atoms with van der Waals surface area (Å²) in [5.41, 5.74) is 7.96. The van der Waals surface area contributed by atoms with Gasteiger partial charge in [0.05, 0.1) is 5.56 Å². The molecule has 1 amide bonds. The molecule has 116 valence electrons. The Hall–Kier alpha value is -3.22. The number of rotatable bonds is 4. The van der Waals surface area contributed by atoms with Gasteiger partial charge in [-0.25, -0.2) is 9.97 Å². The van der Waals surface area contributed by atoms with Crippen LogP contribution < -0.4 is 5.73 Å². The summed E-state index contributed by atoms with van der Waals surface area (Å²) in [6.07, 6.45) is 4.86. The molecule has 2 aromatic heterocycles. The second kappa shape index (κ2) is 5.53. The Bertz CT molecular complexity index is 913. The number of primary amides is 1. The predicted octanol–water partition coefficient (Wildman–Crippen LogP) is 1.59. The minimum Gasteiger partial charge on any atom is -0.480 e. The Morgan fingerprint density at radius 2 is 1.91 bits per heavy atom. The lowest BCUT2D eigenvalue weighted by molar-refractivity contribution is -0.137. The number of aryl methyl sites for hydroxylation is 1. The lowest BCUT2D eigenvalue weighted by atomic mass is 10.0. The van der Waals surface area contributed by atoms with Crippen LogP contribution in [0.15, 0.2) is 36.8 Å². The minimum atomic E-state index is -0.992. The zero-order valence-electron chi connectivity index (χ0n) is 12.4. The second-order valence-corrected chi connectivity index (χ2v) is 5.18. The van der Waals surface area contributed by atoms with Crippen molar-refractivity contribution in [1.82, 2.24) is 14.5 Å². The molecule has 0 aliphatic carbocycles. The molecule has 0 radical (unpaired) electrons. The summed E-state index contributed by atoms with van der Waals surface area (Å²) in [6, 6.07) is 5.39. The lowest BCUT2D eigenvalue weighted by Gasteiger charge is -2.04. The number of carboxylic acids is 1. The lowest BCUT2D eigenvalue weighted by Crippen LogP contribution is -2.11. The van der Waals surface area contributed by atoms with Crippen molar-refractivity contribution in [3.05, 3.63) is 48.2 Å². The first-order valence-electron chi connectivity index (χ1n) is 6.89. The average Bonchev–Trinajstić information content (AvgIpc) is 2.85. The summed E-state index contributed by atoms with van der Waals surface area (Å²) < 4.78 is 1.49. The van der Waals surface area contributed by atoms with Crippen LogP contribution in [0.5, 0.6) is 0 Å². The van der Waals surface area contributed by atoms with E-state index < -0.39 is 11.9 Å². The van der Waals surface area contributed by atoms with Crippen LogP contribution in [0, 0.1) is 6.92 Å². The summed E-state index contributed by atoms with van der Waals surface area (Å²) >= 11 is 0. The van der Waals surface area contributed by atoms with Crippen LogP contribution in [0.1, 0.15) is 16.2 Å². The van der Waals surface area contributed by atoms with Gasteiger partial charge < -0.3 is 15.4 Å². The molecule has 0 aliphatic rings. The first kappa shape index (κ1) is 14.7. The summed E-state index contributed by atoms with van der Waals surface area (Å²) in [5, 5.41) is 9.59. The number of aromatic nitrogens is 3. The number of carbonyl (C=O) groups excluding carboxylic acids is 1. The van der Waals surface area contributed by atoms with Crippen LogP contribution in [-0.2, 0) is 11.3 Å². The van der Waals surface area contributed by atoms with Crippen LogP contribution >= 0.6 is 0 Å². The summed E-state index contributed by atoms with van der Waals surface area (Å²) in [5.74, 6) is -0.925. The van der Waals surface area contributed by atoms with Crippen LogP contribution in [0.4, 0.5) is 0 Å². The number of carboxylic acid groups (broad SMARTS) is 1. The normalized spacial score (nSPS) is 10.8. The first-order chi connectivity index (χ1) is 11.0. The molecule has 0 saturated carbocycles. The van der Waals surface area contributed by atoms with Gasteiger partial charge in [0.25, 0.3) is 5.91 Å². The maximum absolute atomic E-state index is 11.6. The third kappa shape index (κ3) is 2.76. The standard InChI is InChI=1S/C16H14N4O3/c1-9-18-5-11(6-19-9)10-2-3-14-12(4-10)13(16(17)23)7-20(14)8-15(21)22/h2-7H,8H2,1H3,(H2,17,23)(H,21,22). The highest BCUT2D eigenvalue weighted by Gasteiger charge is 2.15. The van der Waals surface area contributed by atoms with Crippen molar-refractivity contribution in [2.45, 2.75) is 13.5 Å². The molecule has 3 rings (SSSR count). The van der Waals surface area contributed by atoms with E-state index in [1.165, 1.54) is 10.8 Å². The van der Waals surface area contributed by atoms with Crippen LogP contribution in [0.25, 0.3) is 22.0 Å². The van der Waals surface area contributed by atoms with Crippen molar-refractivity contribution in [3.63, 3.8) is 0 Å². The SMILES string of the molecule is Cc1ncc(-c2ccc3c(c2)c(C(N)=O)cn3CC(=O)O)cn1. The fourth-order valence-corrected chi connectivity index (χ4v) is 2.49. The van der Waals surface area contributed by atoms with E-state index in [1.807, 2.05) is 6.07 Å². The van der Waals surface area contributed by atoms with Crippen molar-refractivity contribution >= 4 is 22.8 Å². The van der Waals surface area contributed by atoms with Crippen molar-refractivity contribution < 1.29 is 14.7 Å². The Morgan fingerprint density at radius 1 is 1.22 bits per heavy atom. The molecule has 0 spiro atoms. The number of benzene rings is 1. The van der Waals surface area contributed by atoms with Crippen LogP contribution in [0.2, 0.25) is 0 Å². The molecular formula is C16H14N4O3. The number of nitrogens with two attached hydrogens (primary N) is 1. The van der Waals surface area contributed by atoms with Gasteiger partial charge in [-0.1, -0.05) is 6.07 Å². The molecule has 7 nitrogen and oxygen atoms in total. The maximum atomic E-state index is 11.6. The van der Waals surface area contributed by atoms with Crippen molar-refractivity contribution in [3.8, 4) is 11.1 Å². The Balaban J connectivity index is 2.18. The van der Waals surface area contributed by atoms with Gasteiger partial charge >= 0.3 is 5.97 Å². The molecule has 0 aliphatic heterocycles. The molecule has 0 bridgehead atoms. The number of hydrogen-bond donors (Lipinski definition) is 2. The van der Waals surface area contributed by atoms with Gasteiger partial charge in [-0.3, -0.25) is 9.59 Å². The van der Waals surface area contributed by atoms with E-state index in [9.17, 15) is 9.59 Å². The van der Waals surface area contributed by atoms with E-state index >= 15 is 0 Å². The minimum absolute atomic E-state index is 0.239. The molecule has 23 heavy (non-hydrogen) atoms. The summed E-state index contributed by atoms with van der Waals surface area (Å²) in [4.78, 5) is 30.9. The van der Waals surface area contributed by atoms with E-state index in [1.54, 1.807) is 31.5 Å². The molecule has 7 heteroatoms. The highest BCUT2D eigenvalue weighted by molar-refractivity contribution is 6.07. The smallest absolute Gasteiger partial charge is 0.323 e. The zero-order chi connectivity index (χ0) is 16.6.